The summed E-state index contributed by atoms with van der Waals surface area (Å²) in [6, 6.07) is 61.6. The van der Waals surface area contributed by atoms with Gasteiger partial charge in [-0.15, -0.1) is 0 Å². The average molecular weight is 751 g/mol. The summed E-state index contributed by atoms with van der Waals surface area (Å²) in [5.41, 5.74) is -7.13. The number of carboxylic acid groups (broad SMARTS) is 2. The summed E-state index contributed by atoms with van der Waals surface area (Å²) in [7, 11) is 0. The molecule has 2 N–H and O–H groups in total. The molecule has 0 aliphatic rings. The standard InChI is InChI=1S/2C18H15P.2C2H3O2.Pd/c2*1-4-10-16(11-5-1)19(17-12-6-2-7-13-17)18-14-8-3-9-15-18;2*1-2(3)4;/h2*1-15H;2*1H2,(H,3,4);/q;;;;-2/p+2. The Kier molecular flexibility index (Phi) is 9.93. The van der Waals surface area contributed by atoms with Crippen LogP contribution in [0, 0.1) is 0 Å². The summed E-state index contributed by atoms with van der Waals surface area (Å²) in [5, 5.41) is 28.7. The average Bonchev–Trinajstić information content (AvgIpc) is 3.11. The first-order valence-corrected chi connectivity index (χ1v) is 25.8. The molecule has 0 amide bonds. The summed E-state index contributed by atoms with van der Waals surface area (Å²) < 4.78 is 0. The molecule has 0 atom stereocenters. The van der Waals surface area contributed by atoms with Gasteiger partial charge in [0.15, 0.2) is 0 Å². The van der Waals surface area contributed by atoms with Gasteiger partial charge in [0.1, 0.15) is 0 Å². The van der Waals surface area contributed by atoms with Crippen molar-refractivity contribution in [1.82, 2.24) is 0 Å². The van der Waals surface area contributed by atoms with Crippen LogP contribution in [-0.2, 0) is 24.1 Å². The van der Waals surface area contributed by atoms with E-state index < -0.39 is 37.4 Å². The Labute approximate surface area is 279 Å². The van der Waals surface area contributed by atoms with E-state index >= 15 is 0 Å². The first kappa shape index (κ1) is 32.7. The van der Waals surface area contributed by atoms with Crippen LogP contribution in [-0.4, -0.2) is 22.2 Å². The van der Waals surface area contributed by atoms with E-state index in [0.29, 0.717) is 0 Å². The minimum atomic E-state index is -4.05. The van der Waals surface area contributed by atoms with Crippen molar-refractivity contribution in [3.05, 3.63) is 182 Å². The van der Waals surface area contributed by atoms with Crippen LogP contribution in [0.5, 0.6) is 0 Å². The van der Waals surface area contributed by atoms with Crippen LogP contribution in [0.2, 0.25) is 9.79 Å². The molecule has 0 fully saturated rings. The van der Waals surface area contributed by atoms with Gasteiger partial charge in [-0.05, 0) is 0 Å². The van der Waals surface area contributed by atoms with E-state index in [1.165, 1.54) is 0 Å². The molecule has 4 nitrogen and oxygen atoms in total. The van der Waals surface area contributed by atoms with Crippen molar-refractivity contribution in [3.8, 4) is 0 Å². The molecule has 0 spiro atoms. The van der Waals surface area contributed by atoms with Crippen LogP contribution < -0.4 is 31.8 Å². The van der Waals surface area contributed by atoms with Gasteiger partial charge >= 0.3 is 281 Å². The van der Waals surface area contributed by atoms with Gasteiger partial charge in [-0.2, -0.15) is 0 Å². The Hall–Kier alpha value is -4.22. The van der Waals surface area contributed by atoms with Crippen molar-refractivity contribution in [1.29, 1.82) is 0 Å². The molecule has 242 valence electrons. The molecule has 0 bridgehead atoms. The summed E-state index contributed by atoms with van der Waals surface area (Å²) in [4.78, 5) is 27.1. The van der Waals surface area contributed by atoms with Crippen LogP contribution in [0.4, 0.5) is 0 Å². The fourth-order valence-corrected chi connectivity index (χ4v) is 63.6. The molecule has 0 unspecified atom stereocenters. The van der Waals surface area contributed by atoms with E-state index in [2.05, 4.69) is 72.8 Å². The molecule has 0 radical (unpaired) electrons. The molecule has 0 saturated carbocycles. The van der Waals surface area contributed by atoms with Gasteiger partial charge in [-0.25, -0.2) is 0 Å². The second-order valence-corrected chi connectivity index (χ2v) is 37.5. The van der Waals surface area contributed by atoms with Crippen LogP contribution in [0.1, 0.15) is 0 Å². The maximum atomic E-state index is 13.8. The Morgan fingerprint density at radius 1 is 0.362 bits per heavy atom. The van der Waals surface area contributed by atoms with Gasteiger partial charge in [0.2, 0.25) is 0 Å². The molecule has 0 heterocycles. The number of benzene rings is 6. The zero-order valence-corrected chi connectivity index (χ0v) is 29.3. The van der Waals surface area contributed by atoms with Gasteiger partial charge in [0.05, 0.1) is 0 Å². The third-order valence-corrected chi connectivity index (χ3v) is 52.1. The predicted octanol–water partition coefficient (Wildman–Crippen LogP) is 6.43. The molecule has 0 aliphatic carbocycles. The number of aliphatic carboxylic acids is 2. The third kappa shape index (κ3) is 5.69. The van der Waals surface area contributed by atoms with Crippen molar-refractivity contribution in [2.24, 2.45) is 0 Å². The van der Waals surface area contributed by atoms with Gasteiger partial charge in [0, 0.05) is 0 Å². The first-order chi connectivity index (χ1) is 23.0. The number of carboxylic acids is 2. The Morgan fingerprint density at radius 3 is 0.681 bits per heavy atom. The Bertz CT molecular complexity index is 1590. The van der Waals surface area contributed by atoms with E-state index in [1.54, 1.807) is 0 Å². The van der Waals surface area contributed by atoms with Crippen LogP contribution in [0.15, 0.2) is 182 Å². The van der Waals surface area contributed by atoms with Gasteiger partial charge in [-0.1, -0.05) is 0 Å². The van der Waals surface area contributed by atoms with E-state index in [0.717, 1.165) is 31.8 Å². The van der Waals surface area contributed by atoms with Gasteiger partial charge in [-0.3, -0.25) is 0 Å². The molecule has 6 aromatic rings. The SMILES string of the molecule is O=C(O)[CH2][Pd]([CH2]C(=O)O)([PH](c1ccccc1)(c1ccccc1)c1ccccc1)[PH](c1ccccc1)(c1ccccc1)c1ccccc1. The van der Waals surface area contributed by atoms with Crippen molar-refractivity contribution in [2.75, 3.05) is 0 Å². The van der Waals surface area contributed by atoms with Crippen molar-refractivity contribution < 1.29 is 34.3 Å². The zero-order valence-electron chi connectivity index (χ0n) is 25.8. The molecule has 0 aliphatic heterocycles. The molecule has 0 aromatic heterocycles. The molecule has 7 heteroatoms. The normalized spacial score (nSPS) is 12.9. The van der Waals surface area contributed by atoms with Crippen LogP contribution in [0.3, 0.4) is 0 Å². The van der Waals surface area contributed by atoms with Crippen molar-refractivity contribution in [2.45, 2.75) is 9.79 Å². The quantitative estimate of drug-likeness (QED) is 0.112. The van der Waals surface area contributed by atoms with Crippen molar-refractivity contribution in [3.63, 3.8) is 0 Å². The van der Waals surface area contributed by atoms with Gasteiger partial charge < -0.3 is 0 Å². The number of hydrogen-bond donors (Lipinski definition) is 2. The second kappa shape index (κ2) is 14.3. The van der Waals surface area contributed by atoms with E-state index in [4.69, 9.17) is 0 Å². The molecular formula is C40H38O4P2Pd. The minimum absolute atomic E-state index is 0.202. The molecule has 47 heavy (non-hydrogen) atoms. The third-order valence-electron chi connectivity index (χ3n) is 8.40. The van der Waals surface area contributed by atoms with E-state index in [9.17, 15) is 19.8 Å². The Balaban J connectivity index is 2.00. The second-order valence-electron chi connectivity index (χ2n) is 11.1. The monoisotopic (exact) mass is 750 g/mol. The first-order valence-electron chi connectivity index (χ1n) is 15.3. The molecule has 0 saturated heterocycles. The summed E-state index contributed by atoms with van der Waals surface area (Å²) in [6.45, 7) is 0. The van der Waals surface area contributed by atoms with Crippen molar-refractivity contribution >= 4 is 54.7 Å². The molecule has 6 rings (SSSR count). The topological polar surface area (TPSA) is 74.6 Å². The summed E-state index contributed by atoms with van der Waals surface area (Å²) in [5.74, 6) is -1.91. The predicted molar refractivity (Wildman–Crippen MR) is 198 cm³/mol. The zero-order chi connectivity index (χ0) is 32.7. The van der Waals surface area contributed by atoms with Gasteiger partial charge in [0.25, 0.3) is 0 Å². The number of hydrogen-bond acceptors (Lipinski definition) is 2. The Morgan fingerprint density at radius 2 is 0.532 bits per heavy atom. The molecular weight excluding hydrogens is 713 g/mol. The fourth-order valence-electron chi connectivity index (χ4n) is 6.87. The summed E-state index contributed by atoms with van der Waals surface area (Å²) >= 11 is -4.05. The van der Waals surface area contributed by atoms with Crippen LogP contribution >= 0.6 is 10.9 Å². The maximum absolute atomic E-state index is 13.8. The number of rotatable bonds is 12. The number of carbonyl (C=O) groups is 2. The van der Waals surface area contributed by atoms with E-state index in [1.807, 2.05) is 109 Å². The van der Waals surface area contributed by atoms with Crippen LogP contribution in [0.25, 0.3) is 0 Å². The molecule has 6 aromatic carbocycles. The fraction of sp³-hybridized carbons (Fsp3) is 0.0500. The van der Waals surface area contributed by atoms with E-state index in [-0.39, 0.29) is 9.79 Å². The summed E-state index contributed by atoms with van der Waals surface area (Å²) in [6.07, 6.45) is 0.